The number of aliphatic carboxylic acids is 1. The highest BCUT2D eigenvalue weighted by Gasteiger charge is 2.06. The van der Waals surface area contributed by atoms with Crippen molar-refractivity contribution in [2.75, 3.05) is 14.2 Å². The van der Waals surface area contributed by atoms with Crippen molar-refractivity contribution in [2.24, 2.45) is 0 Å². The predicted octanol–water partition coefficient (Wildman–Crippen LogP) is -0.653. The zero-order chi connectivity index (χ0) is 8.85. The lowest BCUT2D eigenvalue weighted by Gasteiger charge is -1.98. The monoisotopic (exact) mass is 159 g/mol. The Morgan fingerprint density at radius 2 is 2.09 bits per heavy atom. The van der Waals surface area contributed by atoms with Crippen LogP contribution in [0.4, 0.5) is 0 Å². The molecule has 0 aromatic rings. The molecule has 5 nitrogen and oxygen atoms in total. The van der Waals surface area contributed by atoms with Crippen LogP contribution in [0.5, 0.6) is 0 Å². The molecule has 11 heavy (non-hydrogen) atoms. The third-order valence-electron chi connectivity index (χ3n) is 0.963. The summed E-state index contributed by atoms with van der Waals surface area (Å²) >= 11 is 0. The van der Waals surface area contributed by atoms with Gasteiger partial charge in [0.1, 0.15) is 5.70 Å². The number of ether oxygens (including phenoxy) is 1. The summed E-state index contributed by atoms with van der Waals surface area (Å²) in [5, 5.41) is 10.7. The molecule has 2 N–H and O–H groups in total. The van der Waals surface area contributed by atoms with Crippen LogP contribution < -0.4 is 5.32 Å². The number of carboxylic acid groups (broad SMARTS) is 1. The Hall–Kier alpha value is -1.52. The SMILES string of the molecule is CN/C(=C/C(=O)OC)C(=O)O. The minimum atomic E-state index is -1.20. The molecular weight excluding hydrogens is 150 g/mol. The molecule has 0 heterocycles. The highest BCUT2D eigenvalue weighted by molar-refractivity contribution is 5.94. The van der Waals surface area contributed by atoms with E-state index >= 15 is 0 Å². The first-order valence-corrected chi connectivity index (χ1v) is 2.82. The van der Waals surface area contributed by atoms with Crippen molar-refractivity contribution in [3.63, 3.8) is 0 Å². The van der Waals surface area contributed by atoms with E-state index in [-0.39, 0.29) is 5.70 Å². The molecule has 0 unspecified atom stereocenters. The molecule has 0 fully saturated rings. The van der Waals surface area contributed by atoms with Gasteiger partial charge in [-0.3, -0.25) is 0 Å². The van der Waals surface area contributed by atoms with Gasteiger partial charge in [0.05, 0.1) is 13.2 Å². The number of hydrogen-bond acceptors (Lipinski definition) is 4. The smallest absolute Gasteiger partial charge is 0.352 e. The summed E-state index contributed by atoms with van der Waals surface area (Å²) in [5.41, 5.74) is -0.197. The van der Waals surface area contributed by atoms with Crippen molar-refractivity contribution in [3.8, 4) is 0 Å². The Balaban J connectivity index is 4.35. The molecule has 0 saturated carbocycles. The molecule has 0 aromatic heterocycles. The fourth-order valence-corrected chi connectivity index (χ4v) is 0.418. The molecule has 0 aliphatic carbocycles. The van der Waals surface area contributed by atoms with Gasteiger partial charge in [0.15, 0.2) is 0 Å². The second kappa shape index (κ2) is 4.32. The molecule has 0 aliphatic heterocycles. The van der Waals surface area contributed by atoms with Crippen molar-refractivity contribution in [3.05, 3.63) is 11.8 Å². The Kier molecular flexibility index (Phi) is 3.72. The first-order valence-electron chi connectivity index (χ1n) is 2.82. The average Bonchev–Trinajstić information content (AvgIpc) is 1.99. The van der Waals surface area contributed by atoms with Gasteiger partial charge in [-0.1, -0.05) is 0 Å². The molecule has 0 bridgehead atoms. The van der Waals surface area contributed by atoms with E-state index in [0.717, 1.165) is 6.08 Å². The van der Waals surface area contributed by atoms with Gasteiger partial charge >= 0.3 is 11.9 Å². The van der Waals surface area contributed by atoms with Crippen LogP contribution in [0.1, 0.15) is 0 Å². The van der Waals surface area contributed by atoms with E-state index in [0.29, 0.717) is 0 Å². The van der Waals surface area contributed by atoms with Gasteiger partial charge in [0, 0.05) is 7.05 Å². The molecular formula is C6H9NO4. The zero-order valence-electron chi connectivity index (χ0n) is 6.25. The second-order valence-corrected chi connectivity index (χ2v) is 1.64. The molecule has 62 valence electrons. The number of carbonyl (C=O) groups excluding carboxylic acids is 1. The van der Waals surface area contributed by atoms with E-state index in [1.54, 1.807) is 0 Å². The molecule has 0 amide bonds. The zero-order valence-corrected chi connectivity index (χ0v) is 6.25. The fourth-order valence-electron chi connectivity index (χ4n) is 0.418. The van der Waals surface area contributed by atoms with E-state index in [2.05, 4.69) is 10.1 Å². The highest BCUT2D eigenvalue weighted by Crippen LogP contribution is 1.88. The van der Waals surface area contributed by atoms with Gasteiger partial charge in [-0.2, -0.15) is 0 Å². The number of rotatable bonds is 3. The quantitative estimate of drug-likeness (QED) is 0.422. The van der Waals surface area contributed by atoms with E-state index in [9.17, 15) is 9.59 Å². The van der Waals surface area contributed by atoms with Crippen molar-refractivity contribution < 1.29 is 19.4 Å². The standard InChI is InChI=1S/C6H9NO4/c1-7-4(6(9)10)3-5(8)11-2/h3,7H,1-2H3,(H,9,10)/b4-3+. The second-order valence-electron chi connectivity index (χ2n) is 1.64. The normalized spacial score (nSPS) is 10.5. The number of hydrogen-bond donors (Lipinski definition) is 2. The van der Waals surface area contributed by atoms with E-state index in [1.807, 2.05) is 0 Å². The van der Waals surface area contributed by atoms with E-state index < -0.39 is 11.9 Å². The van der Waals surface area contributed by atoms with Crippen LogP contribution in [-0.4, -0.2) is 31.2 Å². The number of esters is 1. The fraction of sp³-hybridized carbons (Fsp3) is 0.333. The van der Waals surface area contributed by atoms with Crippen molar-refractivity contribution >= 4 is 11.9 Å². The van der Waals surface area contributed by atoms with Gasteiger partial charge in [-0.25, -0.2) is 9.59 Å². The maximum Gasteiger partial charge on any atom is 0.352 e. The summed E-state index contributed by atoms with van der Waals surface area (Å²) in [6.45, 7) is 0. The molecule has 0 aromatic carbocycles. The molecule has 0 saturated heterocycles. The number of methoxy groups -OCH3 is 1. The first kappa shape index (κ1) is 9.48. The third-order valence-corrected chi connectivity index (χ3v) is 0.963. The van der Waals surface area contributed by atoms with Gasteiger partial charge < -0.3 is 15.2 Å². The molecule has 0 spiro atoms. The van der Waals surface area contributed by atoms with Crippen LogP contribution >= 0.6 is 0 Å². The number of likely N-dealkylation sites (N-methyl/N-ethyl adjacent to an activating group) is 1. The summed E-state index contributed by atoms with van der Waals surface area (Å²) in [6.07, 6.45) is 0.863. The Morgan fingerprint density at radius 1 is 1.55 bits per heavy atom. The summed E-state index contributed by atoms with van der Waals surface area (Å²) in [5.74, 6) is -1.89. The van der Waals surface area contributed by atoms with Crippen molar-refractivity contribution in [2.45, 2.75) is 0 Å². The number of carboxylic acids is 1. The van der Waals surface area contributed by atoms with Gasteiger partial charge in [-0.15, -0.1) is 0 Å². The van der Waals surface area contributed by atoms with Gasteiger partial charge in [0.2, 0.25) is 0 Å². The lowest BCUT2D eigenvalue weighted by Crippen LogP contribution is -2.17. The summed E-state index contributed by atoms with van der Waals surface area (Å²) in [4.78, 5) is 20.7. The van der Waals surface area contributed by atoms with E-state index in [4.69, 9.17) is 5.11 Å². The Bertz CT molecular complexity index is 197. The third kappa shape index (κ3) is 3.24. The molecule has 5 heteroatoms. The number of carbonyl (C=O) groups is 2. The molecule has 0 aliphatic rings. The summed E-state index contributed by atoms with van der Waals surface area (Å²) in [7, 11) is 2.58. The van der Waals surface area contributed by atoms with Crippen LogP contribution in [0.15, 0.2) is 11.8 Å². The first-order chi connectivity index (χ1) is 5.11. The van der Waals surface area contributed by atoms with Crippen LogP contribution in [0.2, 0.25) is 0 Å². The predicted molar refractivity (Wildman–Crippen MR) is 36.8 cm³/mol. The number of nitrogens with one attached hydrogen (secondary N) is 1. The largest absolute Gasteiger partial charge is 0.477 e. The maximum absolute atomic E-state index is 10.5. The highest BCUT2D eigenvalue weighted by atomic mass is 16.5. The Labute approximate surface area is 63.7 Å². The maximum atomic E-state index is 10.5. The van der Waals surface area contributed by atoms with Gasteiger partial charge in [0.25, 0.3) is 0 Å². The molecule has 0 radical (unpaired) electrons. The van der Waals surface area contributed by atoms with Crippen LogP contribution in [-0.2, 0) is 14.3 Å². The van der Waals surface area contributed by atoms with Crippen LogP contribution in [0.25, 0.3) is 0 Å². The van der Waals surface area contributed by atoms with Crippen LogP contribution in [0, 0.1) is 0 Å². The summed E-state index contributed by atoms with van der Waals surface area (Å²) < 4.78 is 4.21. The van der Waals surface area contributed by atoms with Gasteiger partial charge in [-0.05, 0) is 0 Å². The Morgan fingerprint density at radius 3 is 2.36 bits per heavy atom. The lowest BCUT2D eigenvalue weighted by atomic mass is 10.4. The van der Waals surface area contributed by atoms with Crippen molar-refractivity contribution in [1.29, 1.82) is 0 Å². The average molecular weight is 159 g/mol. The molecule has 0 rings (SSSR count). The van der Waals surface area contributed by atoms with Crippen LogP contribution in [0.3, 0.4) is 0 Å². The van der Waals surface area contributed by atoms with Crippen molar-refractivity contribution in [1.82, 2.24) is 5.32 Å². The topological polar surface area (TPSA) is 75.6 Å². The van der Waals surface area contributed by atoms with E-state index in [1.165, 1.54) is 14.2 Å². The minimum Gasteiger partial charge on any atom is -0.477 e. The molecule has 0 atom stereocenters. The summed E-state index contributed by atoms with van der Waals surface area (Å²) in [6, 6.07) is 0. The minimum absolute atomic E-state index is 0.197. The lowest BCUT2D eigenvalue weighted by molar-refractivity contribution is -0.137.